The van der Waals surface area contributed by atoms with E-state index in [2.05, 4.69) is 5.32 Å². The Labute approximate surface area is 156 Å². The SMILES string of the molecule is O=C(CC[C@@H]1CCCN(C(=O)c2ccoc2)C1)NCc1ccc(F)c(F)c1. The molecule has 7 heteroatoms. The van der Waals surface area contributed by atoms with Crippen molar-refractivity contribution >= 4 is 11.8 Å². The average molecular weight is 376 g/mol. The summed E-state index contributed by atoms with van der Waals surface area (Å²) in [5, 5.41) is 2.72. The van der Waals surface area contributed by atoms with E-state index in [4.69, 9.17) is 4.42 Å². The predicted octanol–water partition coefficient (Wildman–Crippen LogP) is 3.51. The maximum absolute atomic E-state index is 13.2. The Hall–Kier alpha value is -2.70. The number of halogens is 2. The third kappa shape index (κ3) is 5.15. The number of nitrogens with one attached hydrogen (secondary N) is 1. The maximum atomic E-state index is 13.2. The van der Waals surface area contributed by atoms with Gasteiger partial charge in [-0.15, -0.1) is 0 Å². The zero-order chi connectivity index (χ0) is 19.2. The highest BCUT2D eigenvalue weighted by Crippen LogP contribution is 2.22. The first kappa shape index (κ1) is 19.1. The Balaban J connectivity index is 1.43. The van der Waals surface area contributed by atoms with Crippen LogP contribution >= 0.6 is 0 Å². The molecule has 3 rings (SSSR count). The Kier molecular flexibility index (Phi) is 6.21. The van der Waals surface area contributed by atoms with Crippen LogP contribution in [0.25, 0.3) is 0 Å². The van der Waals surface area contributed by atoms with Crippen LogP contribution in [0.4, 0.5) is 8.78 Å². The molecular weight excluding hydrogens is 354 g/mol. The van der Waals surface area contributed by atoms with E-state index >= 15 is 0 Å². The summed E-state index contributed by atoms with van der Waals surface area (Å²) in [7, 11) is 0. The number of likely N-dealkylation sites (tertiary alicyclic amines) is 1. The van der Waals surface area contributed by atoms with Crippen LogP contribution in [0.2, 0.25) is 0 Å². The van der Waals surface area contributed by atoms with Gasteiger partial charge in [-0.25, -0.2) is 8.78 Å². The van der Waals surface area contributed by atoms with Crippen LogP contribution in [-0.4, -0.2) is 29.8 Å². The zero-order valence-electron chi connectivity index (χ0n) is 14.9. The number of amides is 2. The summed E-state index contributed by atoms with van der Waals surface area (Å²) in [6.45, 7) is 1.50. The van der Waals surface area contributed by atoms with Crippen LogP contribution in [0.5, 0.6) is 0 Å². The monoisotopic (exact) mass is 376 g/mol. The van der Waals surface area contributed by atoms with Gasteiger partial charge >= 0.3 is 0 Å². The van der Waals surface area contributed by atoms with Gasteiger partial charge in [-0.2, -0.15) is 0 Å². The quantitative estimate of drug-likeness (QED) is 0.839. The number of rotatable bonds is 6. The lowest BCUT2D eigenvalue weighted by Gasteiger charge is -2.32. The third-order valence-electron chi connectivity index (χ3n) is 4.83. The van der Waals surface area contributed by atoms with E-state index in [1.54, 1.807) is 11.0 Å². The lowest BCUT2D eigenvalue weighted by atomic mass is 9.93. The molecule has 27 heavy (non-hydrogen) atoms. The predicted molar refractivity (Wildman–Crippen MR) is 94.8 cm³/mol. The van der Waals surface area contributed by atoms with Crippen LogP contribution < -0.4 is 5.32 Å². The van der Waals surface area contributed by atoms with Crippen molar-refractivity contribution in [2.45, 2.75) is 32.2 Å². The third-order valence-corrected chi connectivity index (χ3v) is 4.83. The van der Waals surface area contributed by atoms with Crippen molar-refractivity contribution < 1.29 is 22.8 Å². The van der Waals surface area contributed by atoms with E-state index in [0.717, 1.165) is 25.0 Å². The number of benzene rings is 1. The molecule has 0 radical (unpaired) electrons. The number of piperidine rings is 1. The highest BCUT2D eigenvalue weighted by molar-refractivity contribution is 5.93. The number of nitrogens with zero attached hydrogens (tertiary/aromatic N) is 1. The van der Waals surface area contributed by atoms with Gasteiger partial charge in [-0.3, -0.25) is 9.59 Å². The number of hydrogen-bond donors (Lipinski definition) is 1. The number of carbonyl (C=O) groups is 2. The molecule has 0 saturated carbocycles. The first-order valence-corrected chi connectivity index (χ1v) is 9.05. The van der Waals surface area contributed by atoms with Crippen molar-refractivity contribution in [1.82, 2.24) is 10.2 Å². The first-order chi connectivity index (χ1) is 13.0. The molecule has 1 saturated heterocycles. The molecule has 0 bridgehead atoms. The van der Waals surface area contributed by atoms with E-state index in [1.165, 1.54) is 18.6 Å². The van der Waals surface area contributed by atoms with E-state index in [-0.39, 0.29) is 24.3 Å². The molecule has 0 spiro atoms. The minimum absolute atomic E-state index is 0.0452. The summed E-state index contributed by atoms with van der Waals surface area (Å²) in [5.41, 5.74) is 1.05. The van der Waals surface area contributed by atoms with Gasteiger partial charge in [0, 0.05) is 26.1 Å². The standard InChI is InChI=1S/C20H22F2N2O3/c21-17-5-3-15(10-18(17)22)11-23-19(25)6-4-14-2-1-8-24(12-14)20(26)16-7-9-27-13-16/h3,5,7,9-10,13-14H,1-2,4,6,8,11-12H2,(H,23,25)/t14-/m0/s1. The molecule has 0 unspecified atom stereocenters. The molecule has 1 aromatic carbocycles. The van der Waals surface area contributed by atoms with Crippen molar-refractivity contribution in [3.05, 3.63) is 59.6 Å². The van der Waals surface area contributed by atoms with Gasteiger partial charge in [-0.1, -0.05) is 6.07 Å². The van der Waals surface area contributed by atoms with Gasteiger partial charge in [0.1, 0.15) is 6.26 Å². The van der Waals surface area contributed by atoms with E-state index < -0.39 is 11.6 Å². The molecule has 2 heterocycles. The highest BCUT2D eigenvalue weighted by atomic mass is 19.2. The molecule has 5 nitrogen and oxygen atoms in total. The van der Waals surface area contributed by atoms with Gasteiger partial charge in [0.15, 0.2) is 11.6 Å². The molecule has 2 aromatic rings. The fourth-order valence-corrected chi connectivity index (χ4v) is 3.33. The molecule has 144 valence electrons. The summed E-state index contributed by atoms with van der Waals surface area (Å²) >= 11 is 0. The Morgan fingerprint density at radius 1 is 1.22 bits per heavy atom. The van der Waals surface area contributed by atoms with E-state index in [0.29, 0.717) is 37.1 Å². The number of hydrogen-bond acceptors (Lipinski definition) is 3. The first-order valence-electron chi connectivity index (χ1n) is 9.05. The highest BCUT2D eigenvalue weighted by Gasteiger charge is 2.25. The molecule has 1 N–H and O–H groups in total. The summed E-state index contributed by atoms with van der Waals surface area (Å²) in [6.07, 6.45) is 5.82. The van der Waals surface area contributed by atoms with Gasteiger partial charge < -0.3 is 14.6 Å². The molecule has 1 atom stereocenters. The number of carbonyl (C=O) groups excluding carboxylic acids is 2. The summed E-state index contributed by atoms with van der Waals surface area (Å²) in [6, 6.07) is 5.22. The molecular formula is C20H22F2N2O3. The fraction of sp³-hybridized carbons (Fsp3) is 0.400. The topological polar surface area (TPSA) is 62.6 Å². The van der Waals surface area contributed by atoms with Crippen molar-refractivity contribution in [3.63, 3.8) is 0 Å². The van der Waals surface area contributed by atoms with Crippen molar-refractivity contribution in [1.29, 1.82) is 0 Å². The minimum atomic E-state index is -0.925. The Bertz CT molecular complexity index is 793. The van der Waals surface area contributed by atoms with Crippen molar-refractivity contribution in [3.8, 4) is 0 Å². The summed E-state index contributed by atoms with van der Waals surface area (Å²) in [5.74, 6) is -1.75. The number of furan rings is 1. The molecule has 1 aliphatic heterocycles. The normalized spacial score (nSPS) is 17.0. The average Bonchev–Trinajstić information content (AvgIpc) is 3.21. The van der Waals surface area contributed by atoms with Crippen LogP contribution in [-0.2, 0) is 11.3 Å². The summed E-state index contributed by atoms with van der Waals surface area (Å²) in [4.78, 5) is 26.2. The molecule has 1 aromatic heterocycles. The van der Waals surface area contributed by atoms with Crippen LogP contribution in [0.3, 0.4) is 0 Å². The van der Waals surface area contributed by atoms with Crippen molar-refractivity contribution in [2.24, 2.45) is 5.92 Å². The van der Waals surface area contributed by atoms with Crippen LogP contribution in [0.15, 0.2) is 41.2 Å². The Morgan fingerprint density at radius 3 is 2.81 bits per heavy atom. The lowest BCUT2D eigenvalue weighted by molar-refractivity contribution is -0.121. The molecule has 1 aliphatic rings. The molecule has 1 fully saturated rings. The fourth-order valence-electron chi connectivity index (χ4n) is 3.33. The van der Waals surface area contributed by atoms with Crippen molar-refractivity contribution in [2.75, 3.05) is 13.1 Å². The van der Waals surface area contributed by atoms with Crippen LogP contribution in [0, 0.1) is 17.6 Å². The van der Waals surface area contributed by atoms with Gasteiger partial charge in [-0.05, 0) is 48.9 Å². The maximum Gasteiger partial charge on any atom is 0.257 e. The van der Waals surface area contributed by atoms with E-state index in [1.807, 2.05) is 0 Å². The van der Waals surface area contributed by atoms with Gasteiger partial charge in [0.05, 0.1) is 11.8 Å². The van der Waals surface area contributed by atoms with E-state index in [9.17, 15) is 18.4 Å². The van der Waals surface area contributed by atoms with Gasteiger partial charge in [0.25, 0.3) is 5.91 Å². The second-order valence-electron chi connectivity index (χ2n) is 6.84. The second kappa shape index (κ2) is 8.79. The molecule has 0 aliphatic carbocycles. The zero-order valence-corrected chi connectivity index (χ0v) is 14.9. The smallest absolute Gasteiger partial charge is 0.257 e. The van der Waals surface area contributed by atoms with Gasteiger partial charge in [0.2, 0.25) is 5.91 Å². The largest absolute Gasteiger partial charge is 0.472 e. The van der Waals surface area contributed by atoms with Crippen LogP contribution in [0.1, 0.15) is 41.6 Å². The molecule has 2 amide bonds. The Morgan fingerprint density at radius 2 is 2.07 bits per heavy atom. The lowest BCUT2D eigenvalue weighted by Crippen LogP contribution is -2.40. The second-order valence-corrected chi connectivity index (χ2v) is 6.84. The minimum Gasteiger partial charge on any atom is -0.472 e. The summed E-state index contributed by atoms with van der Waals surface area (Å²) < 4.78 is 31.0.